The maximum absolute atomic E-state index is 14.0. The topological polar surface area (TPSA) is 39.1 Å². The lowest BCUT2D eigenvalue weighted by Crippen LogP contribution is -2.10. The van der Waals surface area contributed by atoms with Crippen molar-refractivity contribution in [3.05, 3.63) is 47.0 Å². The summed E-state index contributed by atoms with van der Waals surface area (Å²) in [5, 5.41) is 7.49. The zero-order valence-electron chi connectivity index (χ0n) is 12.8. The number of aryl methyl sites for hydroxylation is 2. The maximum Gasteiger partial charge on any atom is 0.165 e. The molecule has 0 saturated carbocycles. The van der Waals surface area contributed by atoms with Gasteiger partial charge in [0.25, 0.3) is 0 Å². The normalized spacial score (nSPS) is 10.9. The van der Waals surface area contributed by atoms with Crippen molar-refractivity contribution in [2.45, 2.75) is 40.0 Å². The number of nitrogens with one attached hydrogen (secondary N) is 1. The van der Waals surface area contributed by atoms with E-state index in [0.29, 0.717) is 18.9 Å². The van der Waals surface area contributed by atoms with Gasteiger partial charge in [0.2, 0.25) is 0 Å². The minimum Gasteiger partial charge on any atom is -0.484 e. The van der Waals surface area contributed by atoms with E-state index in [1.54, 1.807) is 6.07 Å². The number of benzene rings is 1. The Morgan fingerprint density at radius 1 is 1.33 bits per heavy atom. The van der Waals surface area contributed by atoms with Crippen molar-refractivity contribution in [3.63, 3.8) is 0 Å². The van der Waals surface area contributed by atoms with Crippen LogP contribution in [0, 0.1) is 5.82 Å². The fourth-order valence-electron chi connectivity index (χ4n) is 2.27. The van der Waals surface area contributed by atoms with Crippen molar-refractivity contribution in [2.24, 2.45) is 0 Å². The molecule has 2 rings (SSSR count). The van der Waals surface area contributed by atoms with Crippen molar-refractivity contribution >= 4 is 0 Å². The molecule has 2 aromatic rings. The maximum atomic E-state index is 14.0. The van der Waals surface area contributed by atoms with Gasteiger partial charge in [-0.1, -0.05) is 19.1 Å². The molecule has 1 aromatic heterocycles. The molecule has 0 aliphatic heterocycles. The molecule has 1 N–H and O–H groups in total. The van der Waals surface area contributed by atoms with Crippen LogP contribution in [0.4, 0.5) is 4.39 Å². The first-order valence-electron chi connectivity index (χ1n) is 7.30. The highest BCUT2D eigenvalue weighted by molar-refractivity contribution is 5.35. The van der Waals surface area contributed by atoms with E-state index in [0.717, 1.165) is 29.9 Å². The highest BCUT2D eigenvalue weighted by Crippen LogP contribution is 2.24. The van der Waals surface area contributed by atoms with Gasteiger partial charge >= 0.3 is 0 Å². The Hall–Kier alpha value is -1.88. The van der Waals surface area contributed by atoms with Crippen LogP contribution in [0.3, 0.4) is 0 Å². The number of aromatic nitrogens is 2. The van der Waals surface area contributed by atoms with E-state index in [9.17, 15) is 4.39 Å². The fraction of sp³-hybridized carbons (Fsp3) is 0.438. The second-order valence-electron chi connectivity index (χ2n) is 4.84. The van der Waals surface area contributed by atoms with Crippen LogP contribution in [0.2, 0.25) is 0 Å². The van der Waals surface area contributed by atoms with Crippen LogP contribution in [0.25, 0.3) is 0 Å². The molecule has 0 spiro atoms. The van der Waals surface area contributed by atoms with E-state index in [-0.39, 0.29) is 5.82 Å². The van der Waals surface area contributed by atoms with Crippen molar-refractivity contribution < 1.29 is 9.13 Å². The Morgan fingerprint density at radius 3 is 2.81 bits per heavy atom. The summed E-state index contributed by atoms with van der Waals surface area (Å²) in [6.45, 7) is 5.76. The van der Waals surface area contributed by atoms with Crippen LogP contribution < -0.4 is 10.1 Å². The summed E-state index contributed by atoms with van der Waals surface area (Å²) in [4.78, 5) is 0. The summed E-state index contributed by atoms with van der Waals surface area (Å²) in [5.74, 6) is -0.0187. The minimum atomic E-state index is -0.332. The molecule has 114 valence electrons. The van der Waals surface area contributed by atoms with Gasteiger partial charge in [-0.25, -0.2) is 4.39 Å². The standard InChI is InChI=1S/C16H22FN3O/c1-4-13-9-14(20(5-2)19-13)11-21-16-12(10-18-3)7-6-8-15(16)17/h6-9,18H,4-5,10-11H2,1-3H3. The summed E-state index contributed by atoms with van der Waals surface area (Å²) < 4.78 is 21.6. The quantitative estimate of drug-likeness (QED) is 0.852. The average molecular weight is 291 g/mol. The molecular formula is C16H22FN3O. The highest BCUT2D eigenvalue weighted by atomic mass is 19.1. The zero-order chi connectivity index (χ0) is 15.2. The van der Waals surface area contributed by atoms with Crippen molar-refractivity contribution in [2.75, 3.05) is 7.05 Å². The van der Waals surface area contributed by atoms with Crippen LogP contribution in [0.1, 0.15) is 30.8 Å². The molecule has 0 aliphatic carbocycles. The summed E-state index contributed by atoms with van der Waals surface area (Å²) in [6, 6.07) is 7.00. The number of rotatable bonds is 7. The van der Waals surface area contributed by atoms with Crippen LogP contribution in [0.5, 0.6) is 5.75 Å². The molecule has 1 aromatic carbocycles. The summed E-state index contributed by atoms with van der Waals surface area (Å²) in [5.41, 5.74) is 2.81. The van der Waals surface area contributed by atoms with E-state index in [4.69, 9.17) is 4.74 Å². The molecular weight excluding hydrogens is 269 g/mol. The molecule has 0 saturated heterocycles. The first kappa shape index (κ1) is 15.5. The van der Waals surface area contributed by atoms with E-state index in [1.165, 1.54) is 6.07 Å². The van der Waals surface area contributed by atoms with Crippen LogP contribution in [-0.4, -0.2) is 16.8 Å². The molecule has 5 heteroatoms. The smallest absolute Gasteiger partial charge is 0.165 e. The lowest BCUT2D eigenvalue weighted by molar-refractivity contribution is 0.274. The van der Waals surface area contributed by atoms with Gasteiger partial charge in [-0.05, 0) is 32.5 Å². The minimum absolute atomic E-state index is 0.314. The number of nitrogens with zero attached hydrogens (tertiary/aromatic N) is 2. The van der Waals surface area contributed by atoms with E-state index in [1.807, 2.05) is 30.8 Å². The van der Waals surface area contributed by atoms with E-state index < -0.39 is 0 Å². The lowest BCUT2D eigenvalue weighted by atomic mass is 10.2. The van der Waals surface area contributed by atoms with Gasteiger partial charge in [-0.15, -0.1) is 0 Å². The van der Waals surface area contributed by atoms with Gasteiger partial charge in [-0.3, -0.25) is 4.68 Å². The fourth-order valence-corrected chi connectivity index (χ4v) is 2.27. The first-order valence-corrected chi connectivity index (χ1v) is 7.30. The predicted octanol–water partition coefficient (Wildman–Crippen LogP) is 2.90. The Balaban J connectivity index is 2.18. The second-order valence-corrected chi connectivity index (χ2v) is 4.84. The summed E-state index contributed by atoms with van der Waals surface area (Å²) >= 11 is 0. The van der Waals surface area contributed by atoms with Crippen LogP contribution >= 0.6 is 0 Å². The molecule has 21 heavy (non-hydrogen) atoms. The third-order valence-electron chi connectivity index (χ3n) is 3.36. The van der Waals surface area contributed by atoms with Crippen molar-refractivity contribution in [1.82, 2.24) is 15.1 Å². The zero-order valence-corrected chi connectivity index (χ0v) is 12.8. The first-order chi connectivity index (χ1) is 10.2. The van der Waals surface area contributed by atoms with Crippen molar-refractivity contribution in [3.8, 4) is 5.75 Å². The summed E-state index contributed by atoms with van der Waals surface area (Å²) in [6.07, 6.45) is 0.880. The van der Waals surface area contributed by atoms with Gasteiger partial charge < -0.3 is 10.1 Å². The second kappa shape index (κ2) is 7.22. The van der Waals surface area contributed by atoms with Gasteiger partial charge in [0.1, 0.15) is 6.61 Å². The third kappa shape index (κ3) is 3.61. The average Bonchev–Trinajstić information content (AvgIpc) is 2.89. The highest BCUT2D eigenvalue weighted by Gasteiger charge is 2.12. The largest absolute Gasteiger partial charge is 0.484 e. The Labute approximate surface area is 124 Å². The van der Waals surface area contributed by atoms with E-state index in [2.05, 4.69) is 17.3 Å². The molecule has 0 radical (unpaired) electrons. The van der Waals surface area contributed by atoms with Gasteiger partial charge in [-0.2, -0.15) is 5.10 Å². The number of ether oxygens (including phenoxy) is 1. The molecule has 0 bridgehead atoms. The van der Waals surface area contributed by atoms with Crippen LogP contribution in [-0.2, 0) is 26.1 Å². The molecule has 0 atom stereocenters. The van der Waals surface area contributed by atoms with Gasteiger partial charge in [0, 0.05) is 18.7 Å². The number of hydrogen-bond donors (Lipinski definition) is 1. The SMILES string of the molecule is CCc1cc(COc2c(F)cccc2CNC)n(CC)n1. The predicted molar refractivity (Wildman–Crippen MR) is 80.8 cm³/mol. The van der Waals surface area contributed by atoms with Gasteiger partial charge in [0.15, 0.2) is 11.6 Å². The number of para-hydroxylation sites is 1. The van der Waals surface area contributed by atoms with Crippen LogP contribution in [0.15, 0.2) is 24.3 Å². The number of halogens is 1. The molecule has 1 heterocycles. The number of hydrogen-bond acceptors (Lipinski definition) is 3. The van der Waals surface area contributed by atoms with E-state index >= 15 is 0 Å². The lowest BCUT2D eigenvalue weighted by Gasteiger charge is -2.12. The Bertz CT molecular complexity index is 595. The molecule has 4 nitrogen and oxygen atoms in total. The van der Waals surface area contributed by atoms with Gasteiger partial charge in [0.05, 0.1) is 11.4 Å². The van der Waals surface area contributed by atoms with Crippen molar-refractivity contribution in [1.29, 1.82) is 0 Å². The monoisotopic (exact) mass is 291 g/mol. The molecule has 0 amide bonds. The third-order valence-corrected chi connectivity index (χ3v) is 3.36. The molecule has 0 fully saturated rings. The Morgan fingerprint density at radius 2 is 2.14 bits per heavy atom. The summed E-state index contributed by atoms with van der Waals surface area (Å²) in [7, 11) is 1.83. The molecule has 0 unspecified atom stereocenters. The Kier molecular flexibility index (Phi) is 5.33. The molecule has 0 aliphatic rings.